The number of halogens is 2. The lowest BCUT2D eigenvalue weighted by atomic mass is 10.1. The molecule has 2 N–H and O–H groups in total. The van der Waals surface area contributed by atoms with Gasteiger partial charge in [0.1, 0.15) is 11.6 Å². The molecule has 2 aromatic carbocycles. The van der Waals surface area contributed by atoms with Crippen molar-refractivity contribution in [1.82, 2.24) is 0 Å². The number of hydrogen-bond donors (Lipinski definition) is 2. The maximum atomic E-state index is 12.3. The molecule has 0 spiro atoms. The Labute approximate surface area is 154 Å². The minimum Gasteiger partial charge on any atom is -0.326 e. The fourth-order valence-corrected chi connectivity index (χ4v) is 2.34. The van der Waals surface area contributed by atoms with Gasteiger partial charge >= 0.3 is 0 Å². The zero-order valence-electron chi connectivity index (χ0n) is 13.1. The number of anilines is 2. The first-order valence-electron chi connectivity index (χ1n) is 7.15. The molecular weight excluding hydrogens is 361 g/mol. The summed E-state index contributed by atoms with van der Waals surface area (Å²) < 4.78 is 0. The number of nitriles is 1. The summed E-state index contributed by atoms with van der Waals surface area (Å²) in [6.45, 7) is 1.40. The first kappa shape index (κ1) is 18.5. The van der Waals surface area contributed by atoms with E-state index in [0.717, 1.165) is 0 Å². The number of carbonyl (C=O) groups excluding carboxylic acids is 2. The average molecular weight is 374 g/mol. The standard InChI is InChI=1S/C18H13Cl2N3O2/c1-11(24)22-14-5-7-15(8-6-14)23-18(25)13(10-21)9-12-3-2-4-16(19)17(12)20/h2-9H,1H3,(H,22,24)(H,23,25). The number of nitrogens with zero attached hydrogens (tertiary/aromatic N) is 1. The second-order valence-electron chi connectivity index (χ2n) is 5.03. The molecule has 0 bridgehead atoms. The van der Waals surface area contributed by atoms with Gasteiger partial charge in [0.2, 0.25) is 5.91 Å². The molecule has 0 saturated heterocycles. The molecule has 2 aromatic rings. The van der Waals surface area contributed by atoms with Crippen LogP contribution >= 0.6 is 23.2 Å². The lowest BCUT2D eigenvalue weighted by Gasteiger charge is -2.07. The molecule has 0 aliphatic rings. The van der Waals surface area contributed by atoms with Crippen molar-refractivity contribution in [3.05, 3.63) is 63.6 Å². The predicted molar refractivity (Wildman–Crippen MR) is 99.4 cm³/mol. The summed E-state index contributed by atoms with van der Waals surface area (Å²) in [6.07, 6.45) is 1.37. The maximum absolute atomic E-state index is 12.3. The first-order chi connectivity index (χ1) is 11.9. The van der Waals surface area contributed by atoms with Gasteiger partial charge in [-0.15, -0.1) is 0 Å². The molecule has 0 saturated carbocycles. The van der Waals surface area contributed by atoms with Gasteiger partial charge in [-0.05, 0) is 42.0 Å². The molecule has 0 unspecified atom stereocenters. The number of hydrogen-bond acceptors (Lipinski definition) is 3. The maximum Gasteiger partial charge on any atom is 0.266 e. The van der Waals surface area contributed by atoms with Crippen LogP contribution in [-0.4, -0.2) is 11.8 Å². The molecule has 0 heterocycles. The summed E-state index contributed by atoms with van der Waals surface area (Å²) in [5.74, 6) is -0.768. The number of nitrogens with one attached hydrogen (secondary N) is 2. The van der Waals surface area contributed by atoms with Crippen LogP contribution in [-0.2, 0) is 9.59 Å². The highest BCUT2D eigenvalue weighted by Gasteiger charge is 2.11. The van der Waals surface area contributed by atoms with Crippen LogP contribution in [0.1, 0.15) is 12.5 Å². The summed E-state index contributed by atoms with van der Waals surface area (Å²) in [4.78, 5) is 23.2. The second-order valence-corrected chi connectivity index (χ2v) is 5.81. The third kappa shape index (κ3) is 5.08. The normalized spacial score (nSPS) is 10.7. The van der Waals surface area contributed by atoms with E-state index in [1.807, 2.05) is 6.07 Å². The van der Waals surface area contributed by atoms with Crippen molar-refractivity contribution in [3.63, 3.8) is 0 Å². The Kier molecular flexibility index (Phi) is 6.18. The van der Waals surface area contributed by atoms with Gasteiger partial charge in [0.25, 0.3) is 5.91 Å². The van der Waals surface area contributed by atoms with Crippen molar-refractivity contribution >= 4 is 52.5 Å². The Morgan fingerprint density at radius 1 is 1.04 bits per heavy atom. The van der Waals surface area contributed by atoms with E-state index in [4.69, 9.17) is 23.2 Å². The molecule has 0 fully saturated rings. The molecule has 0 aromatic heterocycles. The largest absolute Gasteiger partial charge is 0.326 e. The SMILES string of the molecule is CC(=O)Nc1ccc(NC(=O)C(C#N)=Cc2cccc(Cl)c2Cl)cc1. The number of rotatable bonds is 4. The van der Waals surface area contributed by atoms with Crippen molar-refractivity contribution in [2.45, 2.75) is 6.92 Å². The van der Waals surface area contributed by atoms with Gasteiger partial charge < -0.3 is 10.6 Å². The van der Waals surface area contributed by atoms with Crippen LogP contribution in [0, 0.1) is 11.3 Å². The van der Waals surface area contributed by atoms with Crippen molar-refractivity contribution in [2.75, 3.05) is 10.6 Å². The Balaban J connectivity index is 2.17. The van der Waals surface area contributed by atoms with Crippen molar-refractivity contribution in [1.29, 1.82) is 5.26 Å². The number of amides is 2. The summed E-state index contributed by atoms with van der Waals surface area (Å²) >= 11 is 12.0. The summed E-state index contributed by atoms with van der Waals surface area (Å²) in [5.41, 5.74) is 1.45. The number of benzene rings is 2. The van der Waals surface area contributed by atoms with E-state index in [2.05, 4.69) is 10.6 Å². The highest BCUT2D eigenvalue weighted by Crippen LogP contribution is 2.27. The molecular formula is C18H13Cl2N3O2. The van der Waals surface area contributed by atoms with E-state index in [1.165, 1.54) is 13.0 Å². The highest BCUT2D eigenvalue weighted by atomic mass is 35.5. The Bertz CT molecular complexity index is 884. The summed E-state index contributed by atoms with van der Waals surface area (Å²) in [7, 11) is 0. The molecule has 25 heavy (non-hydrogen) atoms. The van der Waals surface area contributed by atoms with E-state index in [0.29, 0.717) is 22.0 Å². The quantitative estimate of drug-likeness (QED) is 0.611. The van der Waals surface area contributed by atoms with Crippen LogP contribution in [0.5, 0.6) is 0 Å². The first-order valence-corrected chi connectivity index (χ1v) is 7.91. The van der Waals surface area contributed by atoms with Gasteiger partial charge in [-0.1, -0.05) is 35.3 Å². The van der Waals surface area contributed by atoms with Gasteiger partial charge in [0.05, 0.1) is 10.0 Å². The lowest BCUT2D eigenvalue weighted by molar-refractivity contribution is -0.114. The average Bonchev–Trinajstić information content (AvgIpc) is 2.57. The van der Waals surface area contributed by atoms with E-state index in [-0.39, 0.29) is 16.5 Å². The molecule has 0 atom stereocenters. The molecule has 0 radical (unpaired) electrons. The Morgan fingerprint density at radius 3 is 2.20 bits per heavy atom. The molecule has 126 valence electrons. The van der Waals surface area contributed by atoms with Crippen molar-refractivity contribution in [2.24, 2.45) is 0 Å². The van der Waals surface area contributed by atoms with Gasteiger partial charge in [-0.25, -0.2) is 0 Å². The molecule has 2 amide bonds. The van der Waals surface area contributed by atoms with Crippen LogP contribution in [0.4, 0.5) is 11.4 Å². The fraction of sp³-hybridized carbons (Fsp3) is 0.0556. The minimum atomic E-state index is -0.578. The summed E-state index contributed by atoms with van der Waals surface area (Å²) in [6, 6.07) is 13.3. The van der Waals surface area contributed by atoms with Crippen LogP contribution in [0.2, 0.25) is 10.0 Å². The van der Waals surface area contributed by atoms with E-state index in [1.54, 1.807) is 42.5 Å². The van der Waals surface area contributed by atoms with Gasteiger partial charge in [-0.2, -0.15) is 5.26 Å². The van der Waals surface area contributed by atoms with E-state index < -0.39 is 5.91 Å². The predicted octanol–water partition coefficient (Wildman–Crippen LogP) is 4.50. The second kappa shape index (κ2) is 8.34. The number of carbonyl (C=O) groups is 2. The Hall–Kier alpha value is -2.81. The molecule has 5 nitrogen and oxygen atoms in total. The van der Waals surface area contributed by atoms with E-state index >= 15 is 0 Å². The minimum absolute atomic E-state index is 0.116. The van der Waals surface area contributed by atoms with Crippen LogP contribution in [0.25, 0.3) is 6.08 Å². The third-order valence-corrected chi connectivity index (χ3v) is 3.94. The van der Waals surface area contributed by atoms with Gasteiger partial charge in [0, 0.05) is 18.3 Å². The van der Waals surface area contributed by atoms with Gasteiger partial charge in [0.15, 0.2) is 0 Å². The molecule has 0 aliphatic heterocycles. The van der Waals surface area contributed by atoms with Crippen LogP contribution in [0.3, 0.4) is 0 Å². The fourth-order valence-electron chi connectivity index (χ4n) is 1.97. The zero-order valence-corrected chi connectivity index (χ0v) is 14.7. The smallest absolute Gasteiger partial charge is 0.266 e. The third-order valence-electron chi connectivity index (χ3n) is 3.11. The zero-order chi connectivity index (χ0) is 18.4. The van der Waals surface area contributed by atoms with Crippen molar-refractivity contribution < 1.29 is 9.59 Å². The van der Waals surface area contributed by atoms with Crippen LogP contribution in [0.15, 0.2) is 48.0 Å². The molecule has 7 heteroatoms. The Morgan fingerprint density at radius 2 is 1.64 bits per heavy atom. The van der Waals surface area contributed by atoms with Gasteiger partial charge in [-0.3, -0.25) is 9.59 Å². The van der Waals surface area contributed by atoms with Crippen molar-refractivity contribution in [3.8, 4) is 6.07 Å². The lowest BCUT2D eigenvalue weighted by Crippen LogP contribution is -2.13. The molecule has 0 aliphatic carbocycles. The molecule has 2 rings (SSSR count). The van der Waals surface area contributed by atoms with Crippen LogP contribution < -0.4 is 10.6 Å². The topological polar surface area (TPSA) is 82.0 Å². The highest BCUT2D eigenvalue weighted by molar-refractivity contribution is 6.43. The van der Waals surface area contributed by atoms with E-state index in [9.17, 15) is 14.9 Å². The summed E-state index contributed by atoms with van der Waals surface area (Å²) in [5, 5.41) is 15.1. The monoisotopic (exact) mass is 373 g/mol.